The number of carboxylic acids is 1. The number of aliphatic carboxylic acids is 1. The number of hydrogen-bond donors (Lipinski definition) is 1. The Labute approximate surface area is 101 Å². The van der Waals surface area contributed by atoms with Gasteiger partial charge in [0.05, 0.1) is 18.6 Å². The van der Waals surface area contributed by atoms with E-state index in [1.165, 1.54) is 0 Å². The summed E-state index contributed by atoms with van der Waals surface area (Å²) in [5.74, 6) is -0.705. The molecular weight excluding hydrogens is 216 g/mol. The van der Waals surface area contributed by atoms with Gasteiger partial charge in [0.25, 0.3) is 0 Å². The van der Waals surface area contributed by atoms with Crippen LogP contribution in [-0.4, -0.2) is 17.7 Å². The predicted octanol–water partition coefficient (Wildman–Crippen LogP) is 2.85. The summed E-state index contributed by atoms with van der Waals surface area (Å²) in [6.07, 6.45) is 3.50. The molecule has 0 aromatic heterocycles. The molecule has 17 heavy (non-hydrogen) atoms. The smallest absolute Gasteiger partial charge is 0.311 e. The molecule has 0 unspecified atom stereocenters. The monoisotopic (exact) mass is 234 g/mol. The van der Waals surface area contributed by atoms with Gasteiger partial charge in [-0.05, 0) is 18.4 Å². The van der Waals surface area contributed by atoms with Gasteiger partial charge in [-0.1, -0.05) is 43.2 Å². The number of benzene rings is 1. The molecule has 0 heterocycles. The maximum absolute atomic E-state index is 11.3. The summed E-state index contributed by atoms with van der Waals surface area (Å²) < 4.78 is 5.59. The Morgan fingerprint density at radius 2 is 1.88 bits per heavy atom. The molecular formula is C14H18O3. The van der Waals surface area contributed by atoms with Crippen LogP contribution in [0.4, 0.5) is 0 Å². The van der Waals surface area contributed by atoms with E-state index in [-0.39, 0.29) is 0 Å². The largest absolute Gasteiger partial charge is 0.481 e. The van der Waals surface area contributed by atoms with E-state index in [0.29, 0.717) is 13.2 Å². The predicted molar refractivity (Wildman–Crippen MR) is 64.6 cm³/mol. The van der Waals surface area contributed by atoms with Gasteiger partial charge in [0, 0.05) is 0 Å². The standard InChI is InChI=1S/C14H18O3/c15-13(16)14(8-4-5-9-14)11-17-10-12-6-2-1-3-7-12/h1-3,6-7H,4-5,8-11H2,(H,15,16). The molecule has 0 amide bonds. The quantitative estimate of drug-likeness (QED) is 0.852. The fourth-order valence-corrected chi connectivity index (χ4v) is 2.41. The van der Waals surface area contributed by atoms with Crippen LogP contribution in [0.15, 0.2) is 30.3 Å². The lowest BCUT2D eigenvalue weighted by Crippen LogP contribution is -2.32. The Morgan fingerprint density at radius 1 is 1.24 bits per heavy atom. The highest BCUT2D eigenvalue weighted by molar-refractivity contribution is 5.75. The van der Waals surface area contributed by atoms with E-state index >= 15 is 0 Å². The van der Waals surface area contributed by atoms with Gasteiger partial charge >= 0.3 is 5.97 Å². The van der Waals surface area contributed by atoms with Gasteiger partial charge in [0.1, 0.15) is 0 Å². The van der Waals surface area contributed by atoms with Crippen molar-refractivity contribution < 1.29 is 14.6 Å². The van der Waals surface area contributed by atoms with Crippen LogP contribution < -0.4 is 0 Å². The molecule has 0 saturated heterocycles. The maximum atomic E-state index is 11.3. The highest BCUT2D eigenvalue weighted by atomic mass is 16.5. The zero-order chi connectivity index (χ0) is 12.1. The lowest BCUT2D eigenvalue weighted by atomic mass is 9.87. The second-order valence-electron chi connectivity index (χ2n) is 4.77. The van der Waals surface area contributed by atoms with Crippen LogP contribution in [0.3, 0.4) is 0 Å². The van der Waals surface area contributed by atoms with Crippen molar-refractivity contribution in [3.63, 3.8) is 0 Å². The van der Waals surface area contributed by atoms with Gasteiger partial charge in [0.15, 0.2) is 0 Å². The molecule has 3 nitrogen and oxygen atoms in total. The summed E-state index contributed by atoms with van der Waals surface area (Å²) >= 11 is 0. The molecule has 1 saturated carbocycles. The minimum atomic E-state index is -0.705. The fourth-order valence-electron chi connectivity index (χ4n) is 2.41. The van der Waals surface area contributed by atoms with Gasteiger partial charge in [-0.2, -0.15) is 0 Å². The fraction of sp³-hybridized carbons (Fsp3) is 0.500. The molecule has 0 bridgehead atoms. The van der Waals surface area contributed by atoms with Crippen molar-refractivity contribution in [3.05, 3.63) is 35.9 Å². The Kier molecular flexibility index (Phi) is 3.79. The average molecular weight is 234 g/mol. The van der Waals surface area contributed by atoms with E-state index in [1.54, 1.807) is 0 Å². The van der Waals surface area contributed by atoms with E-state index < -0.39 is 11.4 Å². The van der Waals surface area contributed by atoms with Crippen molar-refractivity contribution in [2.24, 2.45) is 5.41 Å². The van der Waals surface area contributed by atoms with Crippen LogP contribution in [0.25, 0.3) is 0 Å². The Hall–Kier alpha value is -1.35. The molecule has 1 aromatic carbocycles. The van der Waals surface area contributed by atoms with Gasteiger partial charge in [-0.3, -0.25) is 4.79 Å². The van der Waals surface area contributed by atoms with Gasteiger partial charge in [-0.25, -0.2) is 0 Å². The topological polar surface area (TPSA) is 46.5 Å². The first-order valence-electron chi connectivity index (χ1n) is 6.08. The summed E-state index contributed by atoms with van der Waals surface area (Å²) in [4.78, 5) is 11.3. The van der Waals surface area contributed by atoms with Gasteiger partial charge < -0.3 is 9.84 Å². The van der Waals surface area contributed by atoms with Crippen molar-refractivity contribution in [1.82, 2.24) is 0 Å². The molecule has 0 aliphatic heterocycles. The lowest BCUT2D eigenvalue weighted by Gasteiger charge is -2.23. The van der Waals surface area contributed by atoms with E-state index in [1.807, 2.05) is 30.3 Å². The molecule has 3 heteroatoms. The van der Waals surface area contributed by atoms with Crippen LogP contribution in [0, 0.1) is 5.41 Å². The van der Waals surface area contributed by atoms with Crippen molar-refractivity contribution in [1.29, 1.82) is 0 Å². The molecule has 2 rings (SSSR count). The van der Waals surface area contributed by atoms with Crippen molar-refractivity contribution in [3.8, 4) is 0 Å². The molecule has 0 radical (unpaired) electrons. The summed E-state index contributed by atoms with van der Waals surface area (Å²) in [5.41, 5.74) is 0.459. The summed E-state index contributed by atoms with van der Waals surface area (Å²) in [5, 5.41) is 9.28. The van der Waals surface area contributed by atoms with Crippen molar-refractivity contribution >= 4 is 5.97 Å². The van der Waals surface area contributed by atoms with Crippen LogP contribution in [0.1, 0.15) is 31.2 Å². The second-order valence-corrected chi connectivity index (χ2v) is 4.77. The van der Waals surface area contributed by atoms with Crippen LogP contribution in [0.2, 0.25) is 0 Å². The number of carbonyl (C=O) groups is 1. The van der Waals surface area contributed by atoms with E-state index in [4.69, 9.17) is 4.74 Å². The third-order valence-corrected chi connectivity index (χ3v) is 3.50. The molecule has 1 aliphatic rings. The zero-order valence-electron chi connectivity index (χ0n) is 9.89. The molecule has 1 aromatic rings. The van der Waals surface area contributed by atoms with Crippen molar-refractivity contribution in [2.45, 2.75) is 32.3 Å². The Balaban J connectivity index is 1.87. The average Bonchev–Trinajstić information content (AvgIpc) is 2.80. The van der Waals surface area contributed by atoms with E-state index in [9.17, 15) is 9.90 Å². The Morgan fingerprint density at radius 3 is 2.47 bits per heavy atom. The van der Waals surface area contributed by atoms with Crippen LogP contribution >= 0.6 is 0 Å². The van der Waals surface area contributed by atoms with Crippen molar-refractivity contribution in [2.75, 3.05) is 6.61 Å². The first-order chi connectivity index (χ1) is 8.23. The maximum Gasteiger partial charge on any atom is 0.311 e. The van der Waals surface area contributed by atoms with Crippen LogP contribution in [0.5, 0.6) is 0 Å². The number of ether oxygens (including phenoxy) is 1. The highest BCUT2D eigenvalue weighted by Crippen LogP contribution is 2.38. The lowest BCUT2D eigenvalue weighted by molar-refractivity contribution is -0.153. The number of carboxylic acid groups (broad SMARTS) is 1. The molecule has 0 spiro atoms. The second kappa shape index (κ2) is 5.32. The molecule has 0 atom stereocenters. The molecule has 92 valence electrons. The number of rotatable bonds is 5. The van der Waals surface area contributed by atoms with E-state index in [0.717, 1.165) is 31.2 Å². The zero-order valence-corrected chi connectivity index (χ0v) is 9.89. The third-order valence-electron chi connectivity index (χ3n) is 3.50. The van der Waals surface area contributed by atoms with Gasteiger partial charge in [-0.15, -0.1) is 0 Å². The number of hydrogen-bond acceptors (Lipinski definition) is 2. The third kappa shape index (κ3) is 2.86. The highest BCUT2D eigenvalue weighted by Gasteiger charge is 2.41. The van der Waals surface area contributed by atoms with Gasteiger partial charge in [0.2, 0.25) is 0 Å². The Bertz CT molecular complexity index is 366. The SMILES string of the molecule is O=C(O)C1(COCc2ccccc2)CCCC1. The first kappa shape index (κ1) is 12.1. The first-order valence-corrected chi connectivity index (χ1v) is 6.08. The van der Waals surface area contributed by atoms with Crippen LogP contribution in [-0.2, 0) is 16.1 Å². The summed E-state index contributed by atoms with van der Waals surface area (Å²) in [6.45, 7) is 0.826. The minimum Gasteiger partial charge on any atom is -0.481 e. The molecule has 1 fully saturated rings. The summed E-state index contributed by atoms with van der Waals surface area (Å²) in [7, 11) is 0. The van der Waals surface area contributed by atoms with E-state index in [2.05, 4.69) is 0 Å². The molecule has 1 aliphatic carbocycles. The summed E-state index contributed by atoms with van der Waals surface area (Å²) in [6, 6.07) is 9.85. The normalized spacial score (nSPS) is 18.1. The minimum absolute atomic E-state index is 0.331. The molecule has 1 N–H and O–H groups in total.